The van der Waals surface area contributed by atoms with Crippen molar-refractivity contribution in [2.75, 3.05) is 6.54 Å². The van der Waals surface area contributed by atoms with Crippen LogP contribution in [0.4, 0.5) is 0 Å². The van der Waals surface area contributed by atoms with Crippen LogP contribution in [0.15, 0.2) is 78.9 Å². The Hall–Kier alpha value is -3.60. The van der Waals surface area contributed by atoms with Crippen LogP contribution in [-0.2, 0) is 13.0 Å². The zero-order valence-electron chi connectivity index (χ0n) is 16.1. The number of aromatic amines is 1. The Morgan fingerprint density at radius 1 is 0.966 bits per heavy atom. The summed E-state index contributed by atoms with van der Waals surface area (Å²) in [5.74, 6) is 1.53. The molecule has 5 heteroatoms. The molecule has 1 amide bonds. The minimum absolute atomic E-state index is 0.0974. The highest BCUT2D eigenvalue weighted by Crippen LogP contribution is 2.15. The molecule has 0 aliphatic heterocycles. The van der Waals surface area contributed by atoms with Gasteiger partial charge in [0.1, 0.15) is 18.2 Å². The highest BCUT2D eigenvalue weighted by molar-refractivity contribution is 5.94. The van der Waals surface area contributed by atoms with Crippen LogP contribution < -0.4 is 10.1 Å². The summed E-state index contributed by atoms with van der Waals surface area (Å²) in [5.41, 5.74) is 3.70. The normalized spacial score (nSPS) is 10.8. The third kappa shape index (κ3) is 5.02. The highest BCUT2D eigenvalue weighted by Gasteiger charge is 2.07. The Morgan fingerprint density at radius 3 is 2.66 bits per heavy atom. The first kappa shape index (κ1) is 18.7. The lowest BCUT2D eigenvalue weighted by molar-refractivity contribution is 0.0952. The molecule has 0 atom stereocenters. The molecule has 0 aliphatic carbocycles. The molecule has 0 bridgehead atoms. The molecule has 0 fully saturated rings. The second kappa shape index (κ2) is 9.06. The van der Waals surface area contributed by atoms with Crippen molar-refractivity contribution in [1.82, 2.24) is 15.3 Å². The van der Waals surface area contributed by atoms with E-state index in [1.807, 2.05) is 66.7 Å². The van der Waals surface area contributed by atoms with E-state index in [0.717, 1.165) is 35.3 Å². The smallest absolute Gasteiger partial charge is 0.251 e. The number of nitrogens with zero attached hydrogens (tertiary/aromatic N) is 1. The van der Waals surface area contributed by atoms with Gasteiger partial charge in [0.15, 0.2) is 0 Å². The monoisotopic (exact) mass is 385 g/mol. The number of amides is 1. The van der Waals surface area contributed by atoms with Crippen molar-refractivity contribution < 1.29 is 9.53 Å². The maximum atomic E-state index is 12.4. The molecular formula is C24H23N3O2. The fraction of sp³-hybridized carbons (Fsp3) is 0.167. The highest BCUT2D eigenvalue weighted by atomic mass is 16.5. The number of para-hydroxylation sites is 2. The Bertz CT molecular complexity index is 1060. The number of imidazole rings is 1. The van der Waals surface area contributed by atoms with Crippen molar-refractivity contribution in [3.05, 3.63) is 95.8 Å². The molecule has 4 aromatic rings. The lowest BCUT2D eigenvalue weighted by Gasteiger charge is -2.09. The number of aryl methyl sites for hydroxylation is 1. The molecule has 146 valence electrons. The van der Waals surface area contributed by atoms with Crippen LogP contribution in [0.25, 0.3) is 11.0 Å². The first-order chi connectivity index (χ1) is 14.3. The molecule has 0 spiro atoms. The Morgan fingerprint density at radius 2 is 1.79 bits per heavy atom. The summed E-state index contributed by atoms with van der Waals surface area (Å²) >= 11 is 0. The minimum atomic E-state index is -0.0974. The predicted octanol–water partition coefficient (Wildman–Crippen LogP) is 4.50. The van der Waals surface area contributed by atoms with Crippen LogP contribution >= 0.6 is 0 Å². The second-order valence-electron chi connectivity index (χ2n) is 6.86. The molecule has 0 unspecified atom stereocenters. The van der Waals surface area contributed by atoms with E-state index in [1.54, 1.807) is 12.1 Å². The van der Waals surface area contributed by atoms with Crippen molar-refractivity contribution in [3.8, 4) is 5.75 Å². The standard InChI is InChI=1S/C24H23N3O2/c28-24(25-15-7-14-23-26-21-12-4-5-13-22(21)27-23)19-10-6-11-20(16-19)29-17-18-8-2-1-3-9-18/h1-6,8-13,16H,7,14-15,17H2,(H,25,28)(H,26,27). The second-order valence-corrected chi connectivity index (χ2v) is 6.86. The number of hydrogen-bond acceptors (Lipinski definition) is 3. The van der Waals surface area contributed by atoms with Crippen LogP contribution in [0.3, 0.4) is 0 Å². The maximum Gasteiger partial charge on any atom is 0.251 e. The Balaban J connectivity index is 1.26. The van der Waals surface area contributed by atoms with Crippen LogP contribution in [0.2, 0.25) is 0 Å². The van der Waals surface area contributed by atoms with Gasteiger partial charge in [-0.2, -0.15) is 0 Å². The first-order valence-corrected chi connectivity index (χ1v) is 9.76. The SMILES string of the molecule is O=C(NCCCc1nc2ccccc2[nH]1)c1cccc(OCc2ccccc2)c1. The van der Waals surface area contributed by atoms with Crippen molar-refractivity contribution in [1.29, 1.82) is 0 Å². The third-order valence-corrected chi connectivity index (χ3v) is 4.66. The molecule has 29 heavy (non-hydrogen) atoms. The molecule has 1 heterocycles. The molecule has 4 rings (SSSR count). The van der Waals surface area contributed by atoms with Crippen LogP contribution in [0.1, 0.15) is 28.2 Å². The van der Waals surface area contributed by atoms with Gasteiger partial charge in [0.25, 0.3) is 5.91 Å². The quantitative estimate of drug-likeness (QED) is 0.439. The lowest BCUT2D eigenvalue weighted by Crippen LogP contribution is -2.24. The number of nitrogens with one attached hydrogen (secondary N) is 2. The summed E-state index contributed by atoms with van der Waals surface area (Å²) in [5, 5.41) is 2.97. The van der Waals surface area contributed by atoms with Gasteiger partial charge in [0, 0.05) is 18.5 Å². The fourth-order valence-electron chi connectivity index (χ4n) is 3.15. The van der Waals surface area contributed by atoms with Gasteiger partial charge in [0.2, 0.25) is 0 Å². The molecule has 0 saturated carbocycles. The zero-order valence-corrected chi connectivity index (χ0v) is 16.1. The average molecular weight is 385 g/mol. The van der Waals surface area contributed by atoms with E-state index in [-0.39, 0.29) is 5.91 Å². The van der Waals surface area contributed by atoms with Gasteiger partial charge in [-0.25, -0.2) is 4.98 Å². The molecular weight excluding hydrogens is 362 g/mol. The van der Waals surface area contributed by atoms with E-state index in [4.69, 9.17) is 4.74 Å². The molecule has 2 N–H and O–H groups in total. The first-order valence-electron chi connectivity index (χ1n) is 9.76. The summed E-state index contributed by atoms with van der Waals surface area (Å²) < 4.78 is 5.80. The number of rotatable bonds is 8. The molecule has 0 radical (unpaired) electrons. The molecule has 5 nitrogen and oxygen atoms in total. The van der Waals surface area contributed by atoms with Gasteiger partial charge in [-0.05, 0) is 42.3 Å². The van der Waals surface area contributed by atoms with Crippen LogP contribution in [0, 0.1) is 0 Å². The maximum absolute atomic E-state index is 12.4. The van der Waals surface area contributed by atoms with Gasteiger partial charge in [0.05, 0.1) is 11.0 Å². The summed E-state index contributed by atoms with van der Waals surface area (Å²) in [6.07, 6.45) is 1.60. The van der Waals surface area contributed by atoms with Crippen LogP contribution in [-0.4, -0.2) is 22.4 Å². The van der Waals surface area contributed by atoms with Crippen molar-refractivity contribution in [3.63, 3.8) is 0 Å². The number of fused-ring (bicyclic) bond motifs is 1. The van der Waals surface area contributed by atoms with Crippen LogP contribution in [0.5, 0.6) is 5.75 Å². The lowest BCUT2D eigenvalue weighted by atomic mass is 10.2. The third-order valence-electron chi connectivity index (χ3n) is 4.66. The van der Waals surface area contributed by atoms with Gasteiger partial charge in [-0.15, -0.1) is 0 Å². The van der Waals surface area contributed by atoms with E-state index in [1.165, 1.54) is 0 Å². The van der Waals surface area contributed by atoms with Crippen molar-refractivity contribution >= 4 is 16.9 Å². The van der Waals surface area contributed by atoms with Gasteiger partial charge in [-0.3, -0.25) is 4.79 Å². The van der Waals surface area contributed by atoms with Crippen molar-refractivity contribution in [2.24, 2.45) is 0 Å². The van der Waals surface area contributed by atoms with Gasteiger partial charge >= 0.3 is 0 Å². The fourth-order valence-corrected chi connectivity index (χ4v) is 3.15. The minimum Gasteiger partial charge on any atom is -0.489 e. The molecule has 3 aromatic carbocycles. The number of carbonyl (C=O) groups is 1. The predicted molar refractivity (Wildman–Crippen MR) is 114 cm³/mol. The Labute approximate surface area is 169 Å². The summed E-state index contributed by atoms with van der Waals surface area (Å²) in [7, 11) is 0. The van der Waals surface area contributed by atoms with Crippen molar-refractivity contribution in [2.45, 2.75) is 19.4 Å². The van der Waals surface area contributed by atoms with E-state index >= 15 is 0 Å². The van der Waals surface area contributed by atoms with E-state index in [2.05, 4.69) is 15.3 Å². The number of ether oxygens (including phenoxy) is 1. The topological polar surface area (TPSA) is 67.0 Å². The number of benzene rings is 3. The molecule has 0 aliphatic rings. The van der Waals surface area contributed by atoms with Gasteiger partial charge in [-0.1, -0.05) is 48.5 Å². The largest absolute Gasteiger partial charge is 0.489 e. The molecule has 0 saturated heterocycles. The summed E-state index contributed by atoms with van der Waals surface area (Å²) in [4.78, 5) is 20.3. The molecule has 1 aromatic heterocycles. The number of H-pyrrole nitrogens is 1. The van der Waals surface area contributed by atoms with E-state index in [9.17, 15) is 4.79 Å². The Kier molecular flexibility index (Phi) is 5.86. The average Bonchev–Trinajstić information content (AvgIpc) is 3.19. The van der Waals surface area contributed by atoms with E-state index in [0.29, 0.717) is 24.5 Å². The number of carbonyl (C=O) groups excluding carboxylic acids is 1. The van der Waals surface area contributed by atoms with E-state index < -0.39 is 0 Å². The zero-order chi connectivity index (χ0) is 19.9. The summed E-state index contributed by atoms with van der Waals surface area (Å²) in [6.45, 7) is 1.06. The number of aromatic nitrogens is 2. The number of hydrogen-bond donors (Lipinski definition) is 2. The summed E-state index contributed by atoms with van der Waals surface area (Å²) in [6, 6.07) is 25.2. The van der Waals surface area contributed by atoms with Gasteiger partial charge < -0.3 is 15.0 Å².